The highest BCUT2D eigenvalue weighted by Gasteiger charge is 2.18. The van der Waals surface area contributed by atoms with Crippen LogP contribution in [0.15, 0.2) is 5.03 Å². The molecule has 1 heterocycles. The summed E-state index contributed by atoms with van der Waals surface area (Å²) in [5.74, 6) is 0.826. The molecule has 0 saturated carbocycles. The summed E-state index contributed by atoms with van der Waals surface area (Å²) < 4.78 is 5.27. The molecule has 0 unspecified atom stereocenters. The largest absolute Gasteiger partial charge is 0.459 e. The minimum Gasteiger partial charge on any atom is -0.459 e. The van der Waals surface area contributed by atoms with Crippen molar-refractivity contribution in [3.8, 4) is 0 Å². The van der Waals surface area contributed by atoms with E-state index in [9.17, 15) is 4.79 Å². The topological polar surface area (TPSA) is 52.1 Å². The highest BCUT2D eigenvalue weighted by Crippen LogP contribution is 2.27. The SMILES string of the molecule is Cc1c(Cl)nc(C(C)C)nc1SCC(=O)OC(C)(C)C. The smallest absolute Gasteiger partial charge is 0.316 e. The summed E-state index contributed by atoms with van der Waals surface area (Å²) in [6.45, 7) is 11.4. The molecule has 20 heavy (non-hydrogen) atoms. The number of carbonyl (C=O) groups is 1. The Kier molecular flexibility index (Phi) is 5.83. The first-order chi connectivity index (χ1) is 9.10. The molecule has 0 aliphatic rings. The molecule has 0 radical (unpaired) electrons. The molecule has 0 spiro atoms. The Morgan fingerprint density at radius 2 is 1.95 bits per heavy atom. The molecule has 0 atom stereocenters. The maximum Gasteiger partial charge on any atom is 0.316 e. The zero-order chi connectivity index (χ0) is 15.5. The monoisotopic (exact) mass is 316 g/mol. The molecule has 1 rings (SSSR count). The van der Waals surface area contributed by atoms with Crippen LogP contribution in [-0.4, -0.2) is 27.3 Å². The number of rotatable bonds is 4. The van der Waals surface area contributed by atoms with Crippen molar-refractivity contribution in [2.75, 3.05) is 5.75 Å². The molecule has 4 nitrogen and oxygen atoms in total. The van der Waals surface area contributed by atoms with E-state index in [0.717, 1.165) is 10.6 Å². The third kappa shape index (κ3) is 5.29. The van der Waals surface area contributed by atoms with E-state index in [4.69, 9.17) is 16.3 Å². The summed E-state index contributed by atoms with van der Waals surface area (Å²) in [6, 6.07) is 0. The van der Waals surface area contributed by atoms with E-state index in [1.165, 1.54) is 11.8 Å². The molecule has 112 valence electrons. The second-order valence-electron chi connectivity index (χ2n) is 5.83. The van der Waals surface area contributed by atoms with Crippen LogP contribution in [0.2, 0.25) is 5.15 Å². The first-order valence-electron chi connectivity index (χ1n) is 6.49. The van der Waals surface area contributed by atoms with Gasteiger partial charge in [0.05, 0.1) is 5.75 Å². The Morgan fingerprint density at radius 1 is 1.35 bits per heavy atom. The quantitative estimate of drug-likeness (QED) is 0.477. The molecule has 0 aliphatic carbocycles. The summed E-state index contributed by atoms with van der Waals surface area (Å²) in [5, 5.41) is 1.18. The molecular weight excluding hydrogens is 296 g/mol. The number of halogens is 1. The van der Waals surface area contributed by atoms with Crippen molar-refractivity contribution in [3.05, 3.63) is 16.5 Å². The number of nitrogens with zero attached hydrogens (tertiary/aromatic N) is 2. The number of carbonyl (C=O) groups excluding carboxylic acids is 1. The predicted molar refractivity (Wildman–Crippen MR) is 82.4 cm³/mol. The zero-order valence-corrected chi connectivity index (χ0v) is 14.4. The molecular formula is C14H21ClN2O2S. The van der Waals surface area contributed by atoms with Crippen molar-refractivity contribution < 1.29 is 9.53 Å². The number of esters is 1. The van der Waals surface area contributed by atoms with Crippen LogP contribution >= 0.6 is 23.4 Å². The molecule has 0 aromatic carbocycles. The molecule has 1 aromatic heterocycles. The van der Waals surface area contributed by atoms with Crippen molar-refractivity contribution >= 4 is 29.3 Å². The van der Waals surface area contributed by atoms with Gasteiger partial charge in [-0.05, 0) is 27.7 Å². The maximum atomic E-state index is 11.7. The van der Waals surface area contributed by atoms with Crippen LogP contribution < -0.4 is 0 Å². The predicted octanol–water partition coefficient (Wildman–Crippen LogP) is 4.00. The van der Waals surface area contributed by atoms with Gasteiger partial charge in [0, 0.05) is 11.5 Å². The van der Waals surface area contributed by atoms with Gasteiger partial charge in [-0.3, -0.25) is 4.79 Å². The van der Waals surface area contributed by atoms with E-state index >= 15 is 0 Å². The lowest BCUT2D eigenvalue weighted by molar-refractivity contribution is -0.151. The standard InChI is InChI=1S/C14H21ClN2O2S/c1-8(2)12-16-11(15)9(3)13(17-12)20-7-10(18)19-14(4,5)6/h8H,7H2,1-6H3. The third-order valence-corrected chi connectivity index (χ3v) is 3.74. The fraction of sp³-hybridized carbons (Fsp3) is 0.643. The Labute approximate surface area is 129 Å². The molecule has 1 aromatic rings. The van der Waals surface area contributed by atoms with E-state index in [2.05, 4.69) is 9.97 Å². The molecule has 6 heteroatoms. The van der Waals surface area contributed by atoms with Gasteiger partial charge in [-0.15, -0.1) is 0 Å². The second kappa shape index (κ2) is 6.76. The van der Waals surface area contributed by atoms with Crippen LogP contribution in [0.3, 0.4) is 0 Å². The maximum absolute atomic E-state index is 11.7. The fourth-order valence-corrected chi connectivity index (χ4v) is 2.40. The van der Waals surface area contributed by atoms with Crippen LogP contribution in [0, 0.1) is 6.92 Å². The lowest BCUT2D eigenvalue weighted by Gasteiger charge is -2.19. The van der Waals surface area contributed by atoms with E-state index in [0.29, 0.717) is 11.0 Å². The number of thioether (sulfide) groups is 1. The minimum atomic E-state index is -0.473. The van der Waals surface area contributed by atoms with E-state index in [-0.39, 0.29) is 17.6 Å². The van der Waals surface area contributed by atoms with Crippen molar-refractivity contribution in [1.82, 2.24) is 9.97 Å². The fourth-order valence-electron chi connectivity index (χ4n) is 1.38. The number of hydrogen-bond donors (Lipinski definition) is 0. The van der Waals surface area contributed by atoms with Gasteiger partial charge in [0.15, 0.2) is 0 Å². The highest BCUT2D eigenvalue weighted by atomic mass is 35.5. The number of hydrogen-bond acceptors (Lipinski definition) is 5. The molecule has 0 N–H and O–H groups in total. The Bertz CT molecular complexity index is 499. The Balaban J connectivity index is 2.80. The molecule has 0 bridgehead atoms. The van der Waals surface area contributed by atoms with Crippen molar-refractivity contribution in [2.24, 2.45) is 0 Å². The van der Waals surface area contributed by atoms with E-state index in [1.807, 2.05) is 41.5 Å². The lowest BCUT2D eigenvalue weighted by Crippen LogP contribution is -2.25. The third-order valence-electron chi connectivity index (χ3n) is 2.32. The van der Waals surface area contributed by atoms with Crippen LogP contribution in [0.5, 0.6) is 0 Å². The summed E-state index contributed by atoms with van der Waals surface area (Å²) >= 11 is 7.44. The normalized spacial score (nSPS) is 11.8. The summed E-state index contributed by atoms with van der Waals surface area (Å²) in [7, 11) is 0. The molecule has 0 saturated heterocycles. The second-order valence-corrected chi connectivity index (χ2v) is 7.15. The first kappa shape index (κ1) is 17.2. The van der Waals surface area contributed by atoms with Gasteiger partial charge in [-0.25, -0.2) is 9.97 Å². The zero-order valence-electron chi connectivity index (χ0n) is 12.8. The van der Waals surface area contributed by atoms with Gasteiger partial charge in [-0.1, -0.05) is 37.2 Å². The van der Waals surface area contributed by atoms with Crippen LogP contribution in [-0.2, 0) is 9.53 Å². The minimum absolute atomic E-state index is 0.189. The summed E-state index contributed by atoms with van der Waals surface area (Å²) in [5.41, 5.74) is 0.323. The Morgan fingerprint density at radius 3 is 2.45 bits per heavy atom. The van der Waals surface area contributed by atoms with Crippen LogP contribution in [0.4, 0.5) is 0 Å². The van der Waals surface area contributed by atoms with Gasteiger partial charge in [-0.2, -0.15) is 0 Å². The van der Waals surface area contributed by atoms with Crippen molar-refractivity contribution in [3.63, 3.8) is 0 Å². The van der Waals surface area contributed by atoms with E-state index in [1.54, 1.807) is 0 Å². The van der Waals surface area contributed by atoms with Gasteiger partial charge in [0.2, 0.25) is 0 Å². The van der Waals surface area contributed by atoms with Crippen LogP contribution in [0.1, 0.15) is 51.9 Å². The van der Waals surface area contributed by atoms with E-state index < -0.39 is 5.60 Å². The number of aromatic nitrogens is 2. The summed E-state index contributed by atoms with van der Waals surface area (Å²) in [4.78, 5) is 20.4. The Hall–Kier alpha value is -0.810. The van der Waals surface area contributed by atoms with Gasteiger partial charge in [0.25, 0.3) is 0 Å². The highest BCUT2D eigenvalue weighted by molar-refractivity contribution is 7.99. The number of ether oxygens (including phenoxy) is 1. The average Bonchev–Trinajstić information content (AvgIpc) is 2.28. The van der Waals surface area contributed by atoms with Crippen molar-refractivity contribution in [1.29, 1.82) is 0 Å². The van der Waals surface area contributed by atoms with Gasteiger partial charge >= 0.3 is 5.97 Å². The first-order valence-corrected chi connectivity index (χ1v) is 7.85. The van der Waals surface area contributed by atoms with Gasteiger partial charge in [0.1, 0.15) is 21.6 Å². The summed E-state index contributed by atoms with van der Waals surface area (Å²) in [6.07, 6.45) is 0. The lowest BCUT2D eigenvalue weighted by atomic mass is 10.2. The van der Waals surface area contributed by atoms with Crippen molar-refractivity contribution in [2.45, 2.75) is 58.1 Å². The molecule has 0 amide bonds. The molecule has 0 aliphatic heterocycles. The molecule has 0 fully saturated rings. The average molecular weight is 317 g/mol. The van der Waals surface area contributed by atoms with Crippen LogP contribution in [0.25, 0.3) is 0 Å². The van der Waals surface area contributed by atoms with Gasteiger partial charge < -0.3 is 4.74 Å².